The molecule has 2 fully saturated rings. The summed E-state index contributed by atoms with van der Waals surface area (Å²) in [5.41, 5.74) is 2.62. The van der Waals surface area contributed by atoms with Gasteiger partial charge in [0.2, 0.25) is 0 Å². The maximum Gasteiger partial charge on any atom is 0.0755 e. The summed E-state index contributed by atoms with van der Waals surface area (Å²) in [6, 6.07) is 2.14. The molecule has 0 aromatic carbocycles. The summed E-state index contributed by atoms with van der Waals surface area (Å²) >= 11 is 0. The van der Waals surface area contributed by atoms with Crippen molar-refractivity contribution in [2.24, 2.45) is 0 Å². The number of ether oxygens (including phenoxy) is 1. The molecule has 0 saturated carbocycles. The number of hydrogen-bond donors (Lipinski definition) is 1. The molecular formula is C14H21N3O. The van der Waals surface area contributed by atoms with E-state index >= 15 is 0 Å². The molecule has 98 valence electrons. The number of rotatable bonds is 4. The quantitative estimate of drug-likeness (QED) is 0.876. The average molecular weight is 247 g/mol. The van der Waals surface area contributed by atoms with E-state index in [1.807, 2.05) is 12.4 Å². The maximum atomic E-state index is 5.90. The van der Waals surface area contributed by atoms with Gasteiger partial charge < -0.3 is 15.0 Å². The van der Waals surface area contributed by atoms with Gasteiger partial charge in [-0.15, -0.1) is 0 Å². The lowest BCUT2D eigenvalue weighted by Crippen LogP contribution is -2.43. The predicted octanol–water partition coefficient (Wildman–Crippen LogP) is 1.56. The van der Waals surface area contributed by atoms with Crippen molar-refractivity contribution in [3.8, 4) is 0 Å². The fourth-order valence-corrected chi connectivity index (χ4v) is 2.94. The van der Waals surface area contributed by atoms with Gasteiger partial charge >= 0.3 is 0 Å². The van der Waals surface area contributed by atoms with Crippen LogP contribution in [0.3, 0.4) is 0 Å². The molecule has 4 nitrogen and oxygen atoms in total. The molecule has 0 spiro atoms. The maximum absolute atomic E-state index is 5.90. The molecule has 2 bridgehead atoms. The third-order valence-electron chi connectivity index (χ3n) is 3.83. The standard InChI is InChI=1S/C14H21N3O/c1-2-15-7-11-8-16-6-5-14(11)17-9-12-3-4-13(10-17)18-12/h5-6,8,12-13,15H,2-4,7,9-10H2,1H3. The van der Waals surface area contributed by atoms with Crippen molar-refractivity contribution in [2.75, 3.05) is 24.5 Å². The van der Waals surface area contributed by atoms with Gasteiger partial charge in [0.15, 0.2) is 0 Å². The van der Waals surface area contributed by atoms with E-state index in [2.05, 4.69) is 28.2 Å². The number of nitrogens with one attached hydrogen (secondary N) is 1. The highest BCUT2D eigenvalue weighted by Gasteiger charge is 2.34. The largest absolute Gasteiger partial charge is 0.371 e. The fourth-order valence-electron chi connectivity index (χ4n) is 2.94. The number of anilines is 1. The zero-order valence-corrected chi connectivity index (χ0v) is 10.9. The van der Waals surface area contributed by atoms with E-state index in [4.69, 9.17) is 4.74 Å². The zero-order valence-electron chi connectivity index (χ0n) is 10.9. The minimum atomic E-state index is 0.434. The van der Waals surface area contributed by atoms with Crippen molar-refractivity contribution < 1.29 is 4.74 Å². The van der Waals surface area contributed by atoms with Crippen molar-refractivity contribution in [1.29, 1.82) is 0 Å². The summed E-state index contributed by atoms with van der Waals surface area (Å²) in [4.78, 5) is 6.72. The van der Waals surface area contributed by atoms with Crippen molar-refractivity contribution in [3.63, 3.8) is 0 Å². The minimum absolute atomic E-state index is 0.434. The molecule has 2 saturated heterocycles. The highest BCUT2D eigenvalue weighted by Crippen LogP contribution is 2.30. The Morgan fingerprint density at radius 1 is 1.39 bits per heavy atom. The molecule has 2 aliphatic rings. The summed E-state index contributed by atoms with van der Waals surface area (Å²) < 4.78 is 5.90. The van der Waals surface area contributed by atoms with Gasteiger partial charge in [-0.25, -0.2) is 0 Å². The number of nitrogens with zero attached hydrogens (tertiary/aromatic N) is 2. The molecule has 18 heavy (non-hydrogen) atoms. The molecule has 3 heterocycles. The van der Waals surface area contributed by atoms with Crippen LogP contribution in [-0.4, -0.2) is 36.8 Å². The van der Waals surface area contributed by atoms with E-state index in [1.54, 1.807) is 0 Å². The van der Waals surface area contributed by atoms with Crippen LogP contribution in [0, 0.1) is 0 Å². The van der Waals surface area contributed by atoms with E-state index in [-0.39, 0.29) is 0 Å². The lowest BCUT2D eigenvalue weighted by molar-refractivity contribution is 0.0304. The zero-order chi connectivity index (χ0) is 12.4. The average Bonchev–Trinajstić information content (AvgIpc) is 2.75. The van der Waals surface area contributed by atoms with Crippen LogP contribution >= 0.6 is 0 Å². The van der Waals surface area contributed by atoms with E-state index < -0.39 is 0 Å². The lowest BCUT2D eigenvalue weighted by Gasteiger charge is -2.35. The van der Waals surface area contributed by atoms with Crippen molar-refractivity contribution >= 4 is 5.69 Å². The Labute approximate surface area is 108 Å². The molecule has 2 unspecified atom stereocenters. The summed E-state index contributed by atoms with van der Waals surface area (Å²) in [7, 11) is 0. The summed E-state index contributed by atoms with van der Waals surface area (Å²) in [6.45, 7) is 6.07. The first-order valence-electron chi connectivity index (χ1n) is 6.91. The molecular weight excluding hydrogens is 226 g/mol. The molecule has 1 aromatic heterocycles. The highest BCUT2D eigenvalue weighted by atomic mass is 16.5. The Bertz CT molecular complexity index is 398. The lowest BCUT2D eigenvalue weighted by atomic mass is 10.2. The summed E-state index contributed by atoms with van der Waals surface area (Å²) in [5.74, 6) is 0. The summed E-state index contributed by atoms with van der Waals surface area (Å²) in [5, 5.41) is 3.38. The normalized spacial score (nSPS) is 26.6. The van der Waals surface area contributed by atoms with E-state index in [9.17, 15) is 0 Å². The first-order valence-corrected chi connectivity index (χ1v) is 6.91. The second-order valence-electron chi connectivity index (χ2n) is 5.15. The van der Waals surface area contributed by atoms with Crippen LogP contribution in [0.15, 0.2) is 18.5 Å². The number of pyridine rings is 1. The molecule has 4 heteroatoms. The van der Waals surface area contributed by atoms with Gasteiger partial charge in [-0.1, -0.05) is 6.92 Å². The molecule has 1 N–H and O–H groups in total. The fraction of sp³-hybridized carbons (Fsp3) is 0.643. The van der Waals surface area contributed by atoms with Crippen LogP contribution < -0.4 is 10.2 Å². The Hall–Kier alpha value is -1.13. The number of morpholine rings is 1. The van der Waals surface area contributed by atoms with Crippen LogP contribution in [0.5, 0.6) is 0 Å². The van der Waals surface area contributed by atoms with Gasteiger partial charge in [0.25, 0.3) is 0 Å². The number of aromatic nitrogens is 1. The SMILES string of the molecule is CCNCc1cnccc1N1CC2CCC(C1)O2. The van der Waals surface area contributed by atoms with Gasteiger partial charge in [0, 0.05) is 43.3 Å². The molecule has 2 atom stereocenters. The van der Waals surface area contributed by atoms with Gasteiger partial charge in [-0.05, 0) is 25.5 Å². The molecule has 3 rings (SSSR count). The van der Waals surface area contributed by atoms with Crippen LogP contribution in [0.4, 0.5) is 5.69 Å². The second-order valence-corrected chi connectivity index (χ2v) is 5.15. The molecule has 0 amide bonds. The smallest absolute Gasteiger partial charge is 0.0755 e. The van der Waals surface area contributed by atoms with Crippen molar-refractivity contribution in [3.05, 3.63) is 24.0 Å². The first kappa shape index (κ1) is 11.9. The third-order valence-corrected chi connectivity index (χ3v) is 3.83. The van der Waals surface area contributed by atoms with Crippen LogP contribution in [-0.2, 0) is 11.3 Å². The number of fused-ring (bicyclic) bond motifs is 2. The topological polar surface area (TPSA) is 37.4 Å². The Kier molecular flexibility index (Phi) is 3.48. The Morgan fingerprint density at radius 2 is 2.17 bits per heavy atom. The van der Waals surface area contributed by atoms with Crippen LogP contribution in [0.1, 0.15) is 25.3 Å². The van der Waals surface area contributed by atoms with Crippen molar-refractivity contribution in [1.82, 2.24) is 10.3 Å². The molecule has 0 radical (unpaired) electrons. The molecule has 0 aliphatic carbocycles. The monoisotopic (exact) mass is 247 g/mol. The number of hydrogen-bond acceptors (Lipinski definition) is 4. The second kappa shape index (κ2) is 5.24. The molecule has 1 aromatic rings. The van der Waals surface area contributed by atoms with Gasteiger partial charge in [0.1, 0.15) is 0 Å². The van der Waals surface area contributed by atoms with E-state index in [1.165, 1.54) is 24.1 Å². The van der Waals surface area contributed by atoms with Gasteiger partial charge in [-0.2, -0.15) is 0 Å². The van der Waals surface area contributed by atoms with Crippen LogP contribution in [0.2, 0.25) is 0 Å². The molecule has 2 aliphatic heterocycles. The third kappa shape index (κ3) is 2.35. The minimum Gasteiger partial charge on any atom is -0.371 e. The summed E-state index contributed by atoms with van der Waals surface area (Å²) in [6.07, 6.45) is 7.17. The van der Waals surface area contributed by atoms with E-state index in [0.29, 0.717) is 12.2 Å². The van der Waals surface area contributed by atoms with Crippen LogP contribution in [0.25, 0.3) is 0 Å². The van der Waals surface area contributed by atoms with Gasteiger partial charge in [0.05, 0.1) is 12.2 Å². The van der Waals surface area contributed by atoms with Gasteiger partial charge in [-0.3, -0.25) is 4.98 Å². The van der Waals surface area contributed by atoms with Crippen molar-refractivity contribution in [2.45, 2.75) is 38.5 Å². The first-order chi connectivity index (χ1) is 8.86. The highest BCUT2D eigenvalue weighted by molar-refractivity contribution is 5.53. The Balaban J connectivity index is 1.78. The predicted molar refractivity (Wildman–Crippen MR) is 71.7 cm³/mol. The van der Waals surface area contributed by atoms with E-state index in [0.717, 1.165) is 26.2 Å². The Morgan fingerprint density at radius 3 is 2.89 bits per heavy atom.